The van der Waals surface area contributed by atoms with Gasteiger partial charge in [0.05, 0.1) is 11.7 Å². The van der Waals surface area contributed by atoms with Gasteiger partial charge in [-0.15, -0.1) is 11.3 Å². The molecule has 1 aromatic carbocycles. The van der Waals surface area contributed by atoms with E-state index in [4.69, 9.17) is 21.3 Å². The van der Waals surface area contributed by atoms with E-state index in [-0.39, 0.29) is 6.04 Å². The van der Waals surface area contributed by atoms with E-state index in [2.05, 4.69) is 19.2 Å². The minimum Gasteiger partial charge on any atom is -0.381 e. The number of thiazole rings is 1. The second kappa shape index (κ2) is 7.75. The van der Waals surface area contributed by atoms with Crippen LogP contribution in [0.4, 0.5) is 0 Å². The summed E-state index contributed by atoms with van der Waals surface area (Å²) in [5.41, 5.74) is 2.20. The largest absolute Gasteiger partial charge is 0.381 e. The molecular weight excluding hydrogens is 328 g/mol. The number of nitrogens with zero attached hydrogens (tertiary/aromatic N) is 1. The molecule has 5 heteroatoms. The quantitative estimate of drug-likeness (QED) is 0.837. The molecule has 1 saturated heterocycles. The summed E-state index contributed by atoms with van der Waals surface area (Å²) in [4.78, 5) is 6.11. The van der Waals surface area contributed by atoms with Gasteiger partial charge in [0.2, 0.25) is 0 Å². The number of halogens is 1. The van der Waals surface area contributed by atoms with Crippen molar-refractivity contribution in [1.82, 2.24) is 10.3 Å². The van der Waals surface area contributed by atoms with Crippen molar-refractivity contribution in [3.05, 3.63) is 39.2 Å². The molecule has 1 fully saturated rings. The maximum Gasteiger partial charge on any atom is 0.110 e. The van der Waals surface area contributed by atoms with Crippen molar-refractivity contribution in [2.75, 3.05) is 19.8 Å². The molecule has 1 N–H and O–H groups in total. The van der Waals surface area contributed by atoms with E-state index in [0.717, 1.165) is 59.8 Å². The molecule has 2 aromatic rings. The Labute approximate surface area is 147 Å². The molecule has 1 unspecified atom stereocenters. The Bertz CT molecular complexity index is 635. The first-order chi connectivity index (χ1) is 11.1. The van der Waals surface area contributed by atoms with Crippen LogP contribution in [-0.2, 0) is 4.74 Å². The highest BCUT2D eigenvalue weighted by Crippen LogP contribution is 2.31. The zero-order chi connectivity index (χ0) is 16.2. The van der Waals surface area contributed by atoms with E-state index < -0.39 is 0 Å². The first-order valence-electron chi connectivity index (χ1n) is 8.18. The number of ether oxygens (including phenoxy) is 1. The third kappa shape index (κ3) is 4.32. The third-order valence-electron chi connectivity index (χ3n) is 4.35. The van der Waals surface area contributed by atoms with Crippen LogP contribution >= 0.6 is 22.9 Å². The number of benzene rings is 1. The van der Waals surface area contributed by atoms with Gasteiger partial charge in [-0.25, -0.2) is 4.98 Å². The Hall–Kier alpha value is -0.940. The van der Waals surface area contributed by atoms with E-state index >= 15 is 0 Å². The average Bonchev–Trinajstić information content (AvgIpc) is 2.96. The molecule has 0 spiro atoms. The molecule has 0 aliphatic carbocycles. The van der Waals surface area contributed by atoms with Crippen molar-refractivity contribution in [2.24, 2.45) is 5.92 Å². The van der Waals surface area contributed by atoms with Gasteiger partial charge < -0.3 is 10.1 Å². The van der Waals surface area contributed by atoms with Crippen LogP contribution < -0.4 is 5.32 Å². The van der Waals surface area contributed by atoms with Crippen molar-refractivity contribution < 1.29 is 4.74 Å². The van der Waals surface area contributed by atoms with E-state index in [1.54, 1.807) is 11.3 Å². The molecule has 0 bridgehead atoms. The Balaban J connectivity index is 1.65. The zero-order valence-electron chi connectivity index (χ0n) is 13.6. The Morgan fingerprint density at radius 2 is 2.00 bits per heavy atom. The van der Waals surface area contributed by atoms with Crippen LogP contribution in [0.25, 0.3) is 11.3 Å². The zero-order valence-corrected chi connectivity index (χ0v) is 15.2. The molecule has 124 valence electrons. The number of nitrogens with one attached hydrogen (secondary N) is 1. The van der Waals surface area contributed by atoms with E-state index in [1.807, 2.05) is 24.3 Å². The minimum absolute atomic E-state index is 0.280. The van der Waals surface area contributed by atoms with Gasteiger partial charge in [-0.1, -0.05) is 23.7 Å². The number of hydrogen-bond acceptors (Lipinski definition) is 4. The lowest BCUT2D eigenvalue weighted by Gasteiger charge is -2.23. The predicted molar refractivity (Wildman–Crippen MR) is 97.3 cm³/mol. The number of aromatic nitrogens is 1. The predicted octanol–water partition coefficient (Wildman–Crippen LogP) is 4.85. The fourth-order valence-corrected chi connectivity index (χ4v) is 3.96. The third-order valence-corrected chi connectivity index (χ3v) is 5.76. The molecular formula is C18H23ClN2OS. The van der Waals surface area contributed by atoms with Gasteiger partial charge in [0.15, 0.2) is 0 Å². The smallest absolute Gasteiger partial charge is 0.110 e. The first-order valence-corrected chi connectivity index (χ1v) is 9.37. The maximum atomic E-state index is 5.97. The highest BCUT2D eigenvalue weighted by atomic mass is 35.5. The lowest BCUT2D eigenvalue weighted by Crippen LogP contribution is -2.29. The topological polar surface area (TPSA) is 34.1 Å². The van der Waals surface area contributed by atoms with Crippen LogP contribution in [0.15, 0.2) is 24.3 Å². The first kappa shape index (κ1) is 16.9. The minimum atomic E-state index is 0.280. The summed E-state index contributed by atoms with van der Waals surface area (Å²) in [5.74, 6) is 0.725. The summed E-state index contributed by atoms with van der Waals surface area (Å²) in [6.07, 6.45) is 2.32. The molecule has 3 rings (SSSR count). The van der Waals surface area contributed by atoms with Crippen LogP contribution in [0.3, 0.4) is 0 Å². The summed E-state index contributed by atoms with van der Waals surface area (Å²) in [6.45, 7) is 7.18. The molecule has 2 heterocycles. The highest BCUT2D eigenvalue weighted by molar-refractivity contribution is 7.12. The van der Waals surface area contributed by atoms with Crippen molar-refractivity contribution in [2.45, 2.75) is 32.7 Å². The summed E-state index contributed by atoms with van der Waals surface area (Å²) in [7, 11) is 0. The van der Waals surface area contributed by atoms with Gasteiger partial charge in [-0.2, -0.15) is 0 Å². The van der Waals surface area contributed by atoms with Crippen molar-refractivity contribution in [3.63, 3.8) is 0 Å². The normalized spacial score (nSPS) is 17.3. The molecule has 3 nitrogen and oxygen atoms in total. The number of hydrogen-bond donors (Lipinski definition) is 1. The summed E-state index contributed by atoms with van der Waals surface area (Å²) >= 11 is 7.75. The Morgan fingerprint density at radius 3 is 2.70 bits per heavy atom. The van der Waals surface area contributed by atoms with Gasteiger partial charge >= 0.3 is 0 Å². The van der Waals surface area contributed by atoms with Crippen molar-refractivity contribution in [3.8, 4) is 11.3 Å². The fourth-order valence-electron chi connectivity index (χ4n) is 2.86. The molecule has 1 aliphatic rings. The molecule has 1 aliphatic heterocycles. The molecule has 23 heavy (non-hydrogen) atoms. The summed E-state index contributed by atoms with van der Waals surface area (Å²) < 4.78 is 5.42. The second-order valence-corrected chi connectivity index (χ2v) is 7.82. The van der Waals surface area contributed by atoms with E-state index in [0.29, 0.717) is 0 Å². The molecule has 0 saturated carbocycles. The SMILES string of the molecule is Cc1sc(C(C)NCC2CCOCC2)nc1-c1ccc(Cl)cc1. The summed E-state index contributed by atoms with van der Waals surface area (Å²) in [5, 5.41) is 5.55. The highest BCUT2D eigenvalue weighted by Gasteiger charge is 2.18. The molecule has 1 atom stereocenters. The van der Waals surface area contributed by atoms with Crippen molar-refractivity contribution in [1.29, 1.82) is 0 Å². The lowest BCUT2D eigenvalue weighted by molar-refractivity contribution is 0.0656. The monoisotopic (exact) mass is 350 g/mol. The van der Waals surface area contributed by atoms with Crippen LogP contribution in [0.1, 0.15) is 35.7 Å². The molecule has 0 amide bonds. The van der Waals surface area contributed by atoms with Gasteiger partial charge in [-0.3, -0.25) is 0 Å². The van der Waals surface area contributed by atoms with E-state index in [9.17, 15) is 0 Å². The lowest BCUT2D eigenvalue weighted by atomic mass is 10.0. The van der Waals surface area contributed by atoms with Crippen LogP contribution in [0, 0.1) is 12.8 Å². The second-order valence-electron chi connectivity index (χ2n) is 6.15. The van der Waals surface area contributed by atoms with Crippen LogP contribution in [0.2, 0.25) is 5.02 Å². The van der Waals surface area contributed by atoms with Crippen LogP contribution in [-0.4, -0.2) is 24.7 Å². The number of aryl methyl sites for hydroxylation is 1. The van der Waals surface area contributed by atoms with Gasteiger partial charge in [0.1, 0.15) is 5.01 Å². The standard InChI is InChI=1S/C18H23ClN2OS/c1-12(20-11-14-7-9-22-10-8-14)18-21-17(13(2)23-18)15-3-5-16(19)6-4-15/h3-6,12,14,20H,7-11H2,1-2H3. The van der Waals surface area contributed by atoms with Gasteiger partial charge in [-0.05, 0) is 51.3 Å². The Morgan fingerprint density at radius 1 is 1.30 bits per heavy atom. The molecule has 1 aromatic heterocycles. The fraction of sp³-hybridized carbons (Fsp3) is 0.500. The number of rotatable bonds is 5. The average molecular weight is 351 g/mol. The molecule has 0 radical (unpaired) electrons. The van der Waals surface area contributed by atoms with Crippen LogP contribution in [0.5, 0.6) is 0 Å². The van der Waals surface area contributed by atoms with Crippen molar-refractivity contribution >= 4 is 22.9 Å². The van der Waals surface area contributed by atoms with E-state index in [1.165, 1.54) is 4.88 Å². The summed E-state index contributed by atoms with van der Waals surface area (Å²) in [6, 6.07) is 8.19. The Kier molecular flexibility index (Phi) is 5.70. The van der Waals surface area contributed by atoms with Gasteiger partial charge in [0.25, 0.3) is 0 Å². The van der Waals surface area contributed by atoms with Gasteiger partial charge in [0, 0.05) is 28.7 Å². The maximum absolute atomic E-state index is 5.97.